The molecule has 3 heterocycles. The topological polar surface area (TPSA) is 76.1 Å². The van der Waals surface area contributed by atoms with Gasteiger partial charge in [-0.2, -0.15) is 0 Å². The van der Waals surface area contributed by atoms with Crippen LogP contribution in [0.4, 0.5) is 5.69 Å². The molecule has 2 bridgehead atoms. The van der Waals surface area contributed by atoms with Crippen LogP contribution in [0.25, 0.3) is 0 Å². The first-order valence-corrected chi connectivity index (χ1v) is 9.16. The van der Waals surface area contributed by atoms with Gasteiger partial charge < -0.3 is 19.5 Å². The van der Waals surface area contributed by atoms with Gasteiger partial charge in [-0.3, -0.25) is 9.59 Å². The molecule has 2 aromatic rings. The number of rotatable bonds is 4. The molecule has 5 rings (SSSR count). The number of methoxy groups -OCH3 is 1. The van der Waals surface area contributed by atoms with E-state index in [-0.39, 0.29) is 12.5 Å². The average molecular weight is 377 g/mol. The molecule has 4 unspecified atom stereocenters. The van der Waals surface area contributed by atoms with Gasteiger partial charge in [0.05, 0.1) is 19.6 Å². The van der Waals surface area contributed by atoms with Gasteiger partial charge in [0.1, 0.15) is 22.9 Å². The maximum absolute atomic E-state index is 13.3. The number of anilines is 1. The largest absolute Gasteiger partial charge is 0.496 e. The van der Waals surface area contributed by atoms with Gasteiger partial charge in [0.2, 0.25) is 5.91 Å². The van der Waals surface area contributed by atoms with Crippen LogP contribution < -0.4 is 9.64 Å². The summed E-state index contributed by atoms with van der Waals surface area (Å²) in [6.07, 6.45) is 3.66. The smallest absolute Gasteiger partial charge is 0.311 e. The van der Waals surface area contributed by atoms with E-state index in [0.29, 0.717) is 11.3 Å². The average Bonchev–Trinajstić information content (AvgIpc) is 3.34. The first-order chi connectivity index (χ1) is 13.5. The van der Waals surface area contributed by atoms with Crippen molar-refractivity contribution in [3.05, 3.63) is 72.3 Å². The van der Waals surface area contributed by atoms with Gasteiger partial charge in [-0.15, -0.1) is 0 Å². The van der Waals surface area contributed by atoms with Crippen molar-refractivity contribution in [3.63, 3.8) is 0 Å². The minimum atomic E-state index is -1.22. The van der Waals surface area contributed by atoms with Crippen molar-refractivity contribution in [2.45, 2.75) is 11.2 Å². The van der Waals surface area contributed by atoms with Crippen LogP contribution >= 0.6 is 0 Å². The summed E-state index contributed by atoms with van der Waals surface area (Å²) in [6.45, 7) is 0.289. The molecule has 0 saturated carbocycles. The Hall–Kier alpha value is -3.12. The molecule has 1 N–H and O–H groups in total. The van der Waals surface area contributed by atoms with Crippen LogP contribution in [0.3, 0.4) is 0 Å². The van der Waals surface area contributed by atoms with E-state index in [1.807, 2.05) is 48.5 Å². The molecule has 0 radical (unpaired) electrons. The summed E-state index contributed by atoms with van der Waals surface area (Å²) in [6, 6.07) is 16.5. The number of benzene rings is 2. The summed E-state index contributed by atoms with van der Waals surface area (Å²) >= 11 is 0. The van der Waals surface area contributed by atoms with Crippen LogP contribution in [0.15, 0.2) is 66.7 Å². The molecule has 0 aliphatic carbocycles. The summed E-state index contributed by atoms with van der Waals surface area (Å²) < 4.78 is 11.9. The number of nitrogens with zero attached hydrogens (tertiary/aromatic N) is 1. The standard InChI is InChI=1S/C22H19NO5/c1-27-16-10-6-5-9-15(16)22-12-11-21(28-22)13-23(14-7-3-2-4-8-14)19(24)17(21)18(22)20(25)26/h2-12,17-18H,13H2,1H3,(H,25,26). The molecular weight excluding hydrogens is 358 g/mol. The van der Waals surface area contributed by atoms with E-state index >= 15 is 0 Å². The number of hydrogen-bond donors (Lipinski definition) is 1. The Balaban J connectivity index is 1.63. The molecule has 2 saturated heterocycles. The van der Waals surface area contributed by atoms with Gasteiger partial charge in [0.25, 0.3) is 0 Å². The Bertz CT molecular complexity index is 1000. The van der Waals surface area contributed by atoms with Crippen LogP contribution in [0.5, 0.6) is 5.75 Å². The summed E-state index contributed by atoms with van der Waals surface area (Å²) in [7, 11) is 1.54. The molecule has 2 aromatic carbocycles. The first kappa shape index (κ1) is 17.0. The number of carboxylic acids is 1. The fourth-order valence-electron chi connectivity index (χ4n) is 4.97. The van der Waals surface area contributed by atoms with Gasteiger partial charge in [-0.05, 0) is 24.3 Å². The molecular formula is C22H19NO5. The zero-order chi connectivity index (χ0) is 19.5. The van der Waals surface area contributed by atoms with Gasteiger partial charge in [-0.25, -0.2) is 0 Å². The van der Waals surface area contributed by atoms with Gasteiger partial charge in [0.15, 0.2) is 0 Å². The van der Waals surface area contributed by atoms with Crippen molar-refractivity contribution in [2.24, 2.45) is 11.8 Å². The zero-order valence-corrected chi connectivity index (χ0v) is 15.2. The van der Waals surface area contributed by atoms with E-state index in [4.69, 9.17) is 9.47 Å². The number of fused-ring (bicyclic) bond motifs is 1. The maximum Gasteiger partial charge on any atom is 0.311 e. The monoisotopic (exact) mass is 377 g/mol. The third-order valence-corrected chi connectivity index (χ3v) is 6.09. The number of para-hydroxylation sites is 2. The first-order valence-electron chi connectivity index (χ1n) is 9.16. The normalized spacial score (nSPS) is 32.6. The minimum absolute atomic E-state index is 0.222. The zero-order valence-electron chi connectivity index (χ0n) is 15.2. The molecule has 3 aliphatic rings. The Labute approximate surface area is 162 Å². The number of hydrogen-bond acceptors (Lipinski definition) is 4. The van der Waals surface area contributed by atoms with Crippen molar-refractivity contribution in [3.8, 4) is 5.75 Å². The van der Waals surface area contributed by atoms with Crippen molar-refractivity contribution in [1.82, 2.24) is 0 Å². The minimum Gasteiger partial charge on any atom is -0.496 e. The van der Waals surface area contributed by atoms with E-state index in [2.05, 4.69) is 0 Å². The van der Waals surface area contributed by atoms with Gasteiger partial charge >= 0.3 is 5.97 Å². The van der Waals surface area contributed by atoms with Crippen molar-refractivity contribution in [1.29, 1.82) is 0 Å². The highest BCUT2D eigenvalue weighted by Crippen LogP contribution is 2.62. The molecule has 28 heavy (non-hydrogen) atoms. The second-order valence-corrected chi connectivity index (χ2v) is 7.44. The third kappa shape index (κ3) is 2.01. The number of carbonyl (C=O) groups excluding carboxylic acids is 1. The predicted molar refractivity (Wildman–Crippen MR) is 101 cm³/mol. The lowest BCUT2D eigenvalue weighted by Gasteiger charge is -2.32. The Morgan fingerprint density at radius 2 is 1.86 bits per heavy atom. The Morgan fingerprint density at radius 3 is 2.57 bits per heavy atom. The molecule has 1 spiro atoms. The Morgan fingerprint density at radius 1 is 1.14 bits per heavy atom. The van der Waals surface area contributed by atoms with E-state index in [1.54, 1.807) is 23.1 Å². The lowest BCUT2D eigenvalue weighted by atomic mass is 9.69. The molecule has 0 aromatic heterocycles. The van der Waals surface area contributed by atoms with Crippen LogP contribution in [-0.2, 0) is 19.9 Å². The number of amides is 1. The molecule has 6 nitrogen and oxygen atoms in total. The van der Waals surface area contributed by atoms with E-state index in [1.165, 1.54) is 7.11 Å². The highest BCUT2D eigenvalue weighted by Gasteiger charge is 2.73. The molecule has 3 aliphatic heterocycles. The summed E-state index contributed by atoms with van der Waals surface area (Å²) in [4.78, 5) is 27.3. The number of carbonyl (C=O) groups is 2. The quantitative estimate of drug-likeness (QED) is 0.829. The van der Waals surface area contributed by atoms with Crippen LogP contribution in [0.2, 0.25) is 0 Å². The molecule has 2 fully saturated rings. The van der Waals surface area contributed by atoms with Crippen LogP contribution in [0, 0.1) is 11.8 Å². The van der Waals surface area contributed by atoms with Gasteiger partial charge in [-0.1, -0.05) is 42.5 Å². The Kier molecular flexibility index (Phi) is 3.46. The second-order valence-electron chi connectivity index (χ2n) is 7.44. The molecule has 142 valence electrons. The third-order valence-electron chi connectivity index (χ3n) is 6.09. The lowest BCUT2D eigenvalue weighted by Crippen LogP contribution is -2.43. The number of aliphatic carboxylic acids is 1. The lowest BCUT2D eigenvalue weighted by molar-refractivity contribution is -0.149. The molecule has 6 heteroatoms. The fraction of sp³-hybridized carbons (Fsp3) is 0.273. The molecule has 4 atom stereocenters. The SMILES string of the molecule is COc1ccccc1C12C=CC3(CN(c4ccccc4)C(=O)C3C1C(=O)O)O2. The van der Waals surface area contributed by atoms with Crippen molar-refractivity contribution >= 4 is 17.6 Å². The number of ether oxygens (including phenoxy) is 2. The van der Waals surface area contributed by atoms with E-state index in [0.717, 1.165) is 5.69 Å². The van der Waals surface area contributed by atoms with Crippen molar-refractivity contribution in [2.75, 3.05) is 18.6 Å². The van der Waals surface area contributed by atoms with Crippen LogP contribution in [0.1, 0.15) is 5.56 Å². The highest BCUT2D eigenvalue weighted by molar-refractivity contribution is 6.02. The number of carboxylic acid groups (broad SMARTS) is 1. The van der Waals surface area contributed by atoms with E-state index in [9.17, 15) is 14.7 Å². The van der Waals surface area contributed by atoms with Crippen LogP contribution in [-0.4, -0.2) is 36.2 Å². The predicted octanol–water partition coefficient (Wildman–Crippen LogP) is 2.59. The summed E-state index contributed by atoms with van der Waals surface area (Å²) in [5.74, 6) is -2.55. The molecule has 1 amide bonds. The van der Waals surface area contributed by atoms with Gasteiger partial charge in [0, 0.05) is 11.3 Å². The van der Waals surface area contributed by atoms with E-state index < -0.39 is 29.0 Å². The second kappa shape index (κ2) is 5.69. The summed E-state index contributed by atoms with van der Waals surface area (Å²) in [5.41, 5.74) is -0.808. The maximum atomic E-state index is 13.3. The summed E-state index contributed by atoms with van der Waals surface area (Å²) in [5, 5.41) is 10.1. The fourth-order valence-corrected chi connectivity index (χ4v) is 4.97. The van der Waals surface area contributed by atoms with Crippen molar-refractivity contribution < 1.29 is 24.2 Å². The highest BCUT2D eigenvalue weighted by atomic mass is 16.5.